The molecule has 1 aromatic rings. The SMILES string of the molecule is COC(=O)Cc1cc(C(F)F)cc(Br)n1. The van der Waals surface area contributed by atoms with E-state index in [1.165, 1.54) is 19.2 Å². The normalized spacial score (nSPS) is 10.5. The third-order valence-electron chi connectivity index (χ3n) is 1.67. The molecule has 0 aliphatic heterocycles. The molecule has 0 saturated carbocycles. The number of nitrogens with zero attached hydrogens (tertiary/aromatic N) is 1. The number of methoxy groups -OCH3 is 1. The zero-order valence-corrected chi connectivity index (χ0v) is 9.42. The van der Waals surface area contributed by atoms with E-state index in [1.54, 1.807) is 0 Å². The van der Waals surface area contributed by atoms with Gasteiger partial charge in [-0.15, -0.1) is 0 Å². The number of halogens is 3. The van der Waals surface area contributed by atoms with Crippen LogP contribution < -0.4 is 0 Å². The molecule has 0 N–H and O–H groups in total. The first-order valence-corrected chi connectivity index (χ1v) is 4.83. The molecule has 3 nitrogen and oxygen atoms in total. The number of esters is 1. The number of carbonyl (C=O) groups is 1. The molecule has 0 unspecified atom stereocenters. The molecular weight excluding hydrogens is 272 g/mol. The second kappa shape index (κ2) is 5.16. The van der Waals surface area contributed by atoms with Gasteiger partial charge in [0.1, 0.15) is 4.60 Å². The van der Waals surface area contributed by atoms with E-state index in [1.807, 2.05) is 0 Å². The average Bonchev–Trinajstić information content (AvgIpc) is 2.16. The quantitative estimate of drug-likeness (QED) is 0.630. The van der Waals surface area contributed by atoms with E-state index in [4.69, 9.17) is 0 Å². The van der Waals surface area contributed by atoms with E-state index in [0.717, 1.165) is 0 Å². The Labute approximate surface area is 93.6 Å². The summed E-state index contributed by atoms with van der Waals surface area (Å²) >= 11 is 3.00. The topological polar surface area (TPSA) is 39.2 Å². The van der Waals surface area contributed by atoms with E-state index in [0.29, 0.717) is 0 Å². The first-order chi connectivity index (χ1) is 7.02. The molecule has 0 spiro atoms. The molecule has 15 heavy (non-hydrogen) atoms. The molecule has 0 aliphatic rings. The van der Waals surface area contributed by atoms with Crippen molar-refractivity contribution in [3.63, 3.8) is 0 Å². The Morgan fingerprint density at radius 3 is 2.80 bits per heavy atom. The number of alkyl halides is 2. The van der Waals surface area contributed by atoms with Crippen LogP contribution in [0.2, 0.25) is 0 Å². The van der Waals surface area contributed by atoms with Crippen molar-refractivity contribution in [2.75, 3.05) is 7.11 Å². The van der Waals surface area contributed by atoms with Gasteiger partial charge in [-0.25, -0.2) is 13.8 Å². The highest BCUT2D eigenvalue weighted by molar-refractivity contribution is 9.10. The van der Waals surface area contributed by atoms with Crippen LogP contribution in [0.15, 0.2) is 16.7 Å². The summed E-state index contributed by atoms with van der Waals surface area (Å²) in [5.41, 5.74) is 0.0855. The molecule has 0 saturated heterocycles. The number of hydrogen-bond donors (Lipinski definition) is 0. The van der Waals surface area contributed by atoms with Crippen molar-refractivity contribution >= 4 is 21.9 Å². The third-order valence-corrected chi connectivity index (χ3v) is 2.08. The summed E-state index contributed by atoms with van der Waals surface area (Å²) in [4.78, 5) is 14.8. The Hall–Kier alpha value is -1.04. The lowest BCUT2D eigenvalue weighted by Crippen LogP contribution is -2.06. The molecule has 0 aliphatic carbocycles. The lowest BCUT2D eigenvalue weighted by molar-refractivity contribution is -0.139. The van der Waals surface area contributed by atoms with Crippen LogP contribution in [0, 0.1) is 0 Å². The first kappa shape index (κ1) is 12.0. The van der Waals surface area contributed by atoms with E-state index in [2.05, 4.69) is 25.7 Å². The zero-order valence-electron chi connectivity index (χ0n) is 7.84. The standard InChI is InChI=1S/C9H8BrF2NO2/c1-15-8(14)4-6-2-5(9(11)12)3-7(10)13-6/h2-3,9H,4H2,1H3. The van der Waals surface area contributed by atoms with Gasteiger partial charge < -0.3 is 4.74 Å². The van der Waals surface area contributed by atoms with E-state index < -0.39 is 12.4 Å². The summed E-state index contributed by atoms with van der Waals surface area (Å²) < 4.78 is 29.5. The predicted octanol–water partition coefficient (Wildman–Crippen LogP) is 2.50. The summed E-state index contributed by atoms with van der Waals surface area (Å²) in [5, 5.41) is 0. The summed E-state index contributed by atoms with van der Waals surface area (Å²) in [5.74, 6) is -0.513. The van der Waals surface area contributed by atoms with Gasteiger partial charge in [-0.3, -0.25) is 4.79 Å². The molecule has 1 aromatic heterocycles. The van der Waals surface area contributed by atoms with Crippen molar-refractivity contribution in [2.45, 2.75) is 12.8 Å². The molecule has 0 amide bonds. The van der Waals surface area contributed by atoms with Crippen molar-refractivity contribution in [3.8, 4) is 0 Å². The molecule has 0 aromatic carbocycles. The maximum absolute atomic E-state index is 12.4. The molecule has 1 heterocycles. The molecule has 82 valence electrons. The molecule has 0 bridgehead atoms. The van der Waals surface area contributed by atoms with Crippen LogP contribution in [-0.4, -0.2) is 18.1 Å². The number of rotatable bonds is 3. The maximum Gasteiger partial charge on any atom is 0.311 e. The van der Waals surface area contributed by atoms with Crippen LogP contribution in [0.4, 0.5) is 8.78 Å². The van der Waals surface area contributed by atoms with Gasteiger partial charge >= 0.3 is 5.97 Å². The minimum absolute atomic E-state index is 0.115. The fraction of sp³-hybridized carbons (Fsp3) is 0.333. The number of aromatic nitrogens is 1. The van der Waals surface area contributed by atoms with Gasteiger partial charge in [-0.05, 0) is 28.1 Å². The number of hydrogen-bond acceptors (Lipinski definition) is 3. The highest BCUT2D eigenvalue weighted by atomic mass is 79.9. The lowest BCUT2D eigenvalue weighted by atomic mass is 10.2. The van der Waals surface area contributed by atoms with E-state index in [9.17, 15) is 13.6 Å². The minimum Gasteiger partial charge on any atom is -0.469 e. The molecule has 6 heteroatoms. The van der Waals surface area contributed by atoms with Gasteiger partial charge in [0.05, 0.1) is 19.2 Å². The first-order valence-electron chi connectivity index (χ1n) is 4.04. The molecule has 0 radical (unpaired) electrons. The smallest absolute Gasteiger partial charge is 0.311 e. The van der Waals surface area contributed by atoms with Crippen molar-refractivity contribution in [3.05, 3.63) is 28.0 Å². The fourth-order valence-corrected chi connectivity index (χ4v) is 1.50. The van der Waals surface area contributed by atoms with Crippen molar-refractivity contribution in [1.82, 2.24) is 4.98 Å². The Balaban J connectivity index is 2.93. The molecule has 0 atom stereocenters. The Kier molecular flexibility index (Phi) is 4.14. The van der Waals surface area contributed by atoms with Crippen LogP contribution >= 0.6 is 15.9 Å². The number of ether oxygens (including phenoxy) is 1. The molecule has 1 rings (SSSR count). The summed E-state index contributed by atoms with van der Waals surface area (Å²) in [6.45, 7) is 0. The average molecular weight is 280 g/mol. The summed E-state index contributed by atoms with van der Waals surface area (Å²) in [6, 6.07) is 2.40. The van der Waals surface area contributed by atoms with Gasteiger partial charge in [0, 0.05) is 5.56 Å². The van der Waals surface area contributed by atoms with Crippen molar-refractivity contribution in [1.29, 1.82) is 0 Å². The number of carbonyl (C=O) groups excluding carboxylic acids is 1. The highest BCUT2D eigenvalue weighted by Gasteiger charge is 2.12. The van der Waals surface area contributed by atoms with Crippen LogP contribution in [0.1, 0.15) is 17.7 Å². The Bertz CT molecular complexity index is 371. The zero-order chi connectivity index (χ0) is 11.4. The van der Waals surface area contributed by atoms with Gasteiger partial charge in [-0.2, -0.15) is 0 Å². The summed E-state index contributed by atoms with van der Waals surface area (Å²) in [6.07, 6.45) is -2.70. The van der Waals surface area contributed by atoms with Gasteiger partial charge in [0.15, 0.2) is 0 Å². The van der Waals surface area contributed by atoms with Crippen molar-refractivity contribution < 1.29 is 18.3 Å². The fourth-order valence-electron chi connectivity index (χ4n) is 1.01. The van der Waals surface area contributed by atoms with Crippen LogP contribution in [0.5, 0.6) is 0 Å². The second-order valence-electron chi connectivity index (χ2n) is 2.77. The largest absolute Gasteiger partial charge is 0.469 e. The van der Waals surface area contributed by atoms with E-state index >= 15 is 0 Å². The third kappa shape index (κ3) is 3.54. The van der Waals surface area contributed by atoms with E-state index in [-0.39, 0.29) is 22.3 Å². The maximum atomic E-state index is 12.4. The monoisotopic (exact) mass is 279 g/mol. The summed E-state index contributed by atoms with van der Waals surface area (Å²) in [7, 11) is 1.23. The highest BCUT2D eigenvalue weighted by Crippen LogP contribution is 2.22. The predicted molar refractivity (Wildman–Crippen MR) is 52.6 cm³/mol. The van der Waals surface area contributed by atoms with Crippen LogP contribution in [0.3, 0.4) is 0 Å². The van der Waals surface area contributed by atoms with Crippen LogP contribution in [0.25, 0.3) is 0 Å². The van der Waals surface area contributed by atoms with Gasteiger partial charge in [0.2, 0.25) is 0 Å². The van der Waals surface area contributed by atoms with Gasteiger partial charge in [-0.1, -0.05) is 0 Å². The Morgan fingerprint density at radius 1 is 1.60 bits per heavy atom. The number of pyridine rings is 1. The molecule has 0 fully saturated rings. The van der Waals surface area contributed by atoms with Crippen LogP contribution in [-0.2, 0) is 16.0 Å². The van der Waals surface area contributed by atoms with Gasteiger partial charge in [0.25, 0.3) is 6.43 Å². The minimum atomic E-state index is -2.58. The molecular formula is C9H8BrF2NO2. The Morgan fingerprint density at radius 2 is 2.27 bits per heavy atom. The second-order valence-corrected chi connectivity index (χ2v) is 3.58. The van der Waals surface area contributed by atoms with Crippen molar-refractivity contribution in [2.24, 2.45) is 0 Å². The lowest BCUT2D eigenvalue weighted by Gasteiger charge is -2.04.